The van der Waals surface area contributed by atoms with Crippen LogP contribution in [-0.4, -0.2) is 52.1 Å². The van der Waals surface area contributed by atoms with Crippen molar-refractivity contribution in [3.05, 3.63) is 35.5 Å². The molecule has 5 nitrogen and oxygen atoms in total. The minimum atomic E-state index is -0.639. The number of rotatable bonds is 1. The fraction of sp³-hybridized carbons (Fsp3) is 0.571. The van der Waals surface area contributed by atoms with Gasteiger partial charge in [-0.05, 0) is 42.7 Å². The Bertz CT molecular complexity index is 886. The van der Waals surface area contributed by atoms with Crippen LogP contribution in [0.15, 0.2) is 24.3 Å². The van der Waals surface area contributed by atoms with E-state index in [-0.39, 0.29) is 39.7 Å². The molecule has 7 heteroatoms. The van der Waals surface area contributed by atoms with E-state index in [0.717, 1.165) is 25.9 Å². The van der Waals surface area contributed by atoms with E-state index in [1.54, 1.807) is 0 Å². The molecule has 2 aromatic rings. The van der Waals surface area contributed by atoms with Gasteiger partial charge in [0.2, 0.25) is 0 Å². The number of fused-ring (bicyclic) bond motifs is 6. The monoisotopic (exact) mass is 512 g/mol. The van der Waals surface area contributed by atoms with E-state index in [4.69, 9.17) is 4.74 Å². The number of H-pyrrole nitrogens is 1. The summed E-state index contributed by atoms with van der Waals surface area (Å²) in [5.41, 5.74) is 3.92. The number of esters is 1. The lowest BCUT2D eigenvalue weighted by Gasteiger charge is -2.52. The van der Waals surface area contributed by atoms with Gasteiger partial charge < -0.3 is 14.8 Å². The molecule has 2 aliphatic heterocycles. The summed E-state index contributed by atoms with van der Waals surface area (Å²) in [6.45, 7) is 2.01. The number of carbonyl (C=O) groups is 1. The Morgan fingerprint density at radius 3 is 2.86 bits per heavy atom. The summed E-state index contributed by atoms with van der Waals surface area (Å²) in [5, 5.41) is 12.0. The fourth-order valence-electron chi connectivity index (χ4n) is 5.79. The van der Waals surface area contributed by atoms with Gasteiger partial charge in [0.05, 0.1) is 25.2 Å². The molecule has 3 heterocycles. The van der Waals surface area contributed by atoms with Crippen LogP contribution in [0.3, 0.4) is 0 Å². The number of carbonyl (C=O) groups excluding carboxylic acids is 1. The van der Waals surface area contributed by atoms with E-state index >= 15 is 0 Å². The average Bonchev–Trinajstić information content (AvgIpc) is 3.06. The Labute approximate surface area is 183 Å². The number of hydrogen-bond donors (Lipinski definition) is 2. The van der Waals surface area contributed by atoms with Crippen molar-refractivity contribution in [1.29, 1.82) is 0 Å². The van der Waals surface area contributed by atoms with Gasteiger partial charge in [-0.2, -0.15) is 0 Å². The predicted molar refractivity (Wildman–Crippen MR) is 117 cm³/mol. The summed E-state index contributed by atoms with van der Waals surface area (Å²) >= 11 is 3.80. The van der Waals surface area contributed by atoms with Crippen molar-refractivity contribution in [3.63, 3.8) is 0 Å². The molecule has 0 radical (unpaired) electrons. The maximum Gasteiger partial charge on any atom is 0.311 e. The number of methoxy groups -OCH3 is 1. The lowest BCUT2D eigenvalue weighted by atomic mass is 9.65. The molecule has 1 aromatic heterocycles. The molecule has 0 bridgehead atoms. The molecule has 2 N–H and O–H groups in total. The summed E-state index contributed by atoms with van der Waals surface area (Å²) in [4.78, 5) is 18.9. The van der Waals surface area contributed by atoms with Gasteiger partial charge in [0.1, 0.15) is 0 Å². The van der Waals surface area contributed by atoms with Gasteiger partial charge in [0.25, 0.3) is 0 Å². The standard InChI is InChI=1S/C21H25BrN2O3.BrH/c1-27-21(26)19-13-8-17-20-12(11-4-2-3-5-16(11)23-20)6-7-24(17)10-14(13)15(22)9-18(19)25;/h2-5,13-15,17-19,23,25H,6-10H2,1H3;1H/t13?,14?,15?,17?,18?,19-;/m1./s1. The van der Waals surface area contributed by atoms with Crippen LogP contribution in [0.25, 0.3) is 10.9 Å². The maximum absolute atomic E-state index is 12.5. The number of aliphatic hydroxyl groups excluding tert-OH is 1. The minimum Gasteiger partial charge on any atom is -0.469 e. The van der Waals surface area contributed by atoms with Gasteiger partial charge in [-0.25, -0.2) is 0 Å². The third-order valence-corrected chi connectivity index (χ3v) is 8.09. The number of aromatic nitrogens is 1. The number of aromatic amines is 1. The number of piperidine rings is 1. The second-order valence-corrected chi connectivity index (χ2v) is 9.43. The van der Waals surface area contributed by atoms with E-state index in [2.05, 4.69) is 50.1 Å². The van der Waals surface area contributed by atoms with Crippen molar-refractivity contribution >= 4 is 49.8 Å². The summed E-state index contributed by atoms with van der Waals surface area (Å²) in [6.07, 6.45) is 1.91. The summed E-state index contributed by atoms with van der Waals surface area (Å²) < 4.78 is 5.06. The van der Waals surface area contributed by atoms with Crippen molar-refractivity contribution in [1.82, 2.24) is 9.88 Å². The number of aliphatic hydroxyl groups is 1. The van der Waals surface area contributed by atoms with Crippen molar-refractivity contribution < 1.29 is 14.6 Å². The zero-order chi connectivity index (χ0) is 18.7. The van der Waals surface area contributed by atoms with Crippen LogP contribution in [0.1, 0.15) is 30.1 Å². The van der Waals surface area contributed by atoms with Crippen molar-refractivity contribution in [2.45, 2.75) is 36.2 Å². The summed E-state index contributed by atoms with van der Waals surface area (Å²) in [7, 11) is 1.43. The number of benzene rings is 1. The molecule has 1 saturated carbocycles. The highest BCUT2D eigenvalue weighted by Crippen LogP contribution is 2.50. The first-order valence-corrected chi connectivity index (χ1v) is 10.7. The zero-order valence-electron chi connectivity index (χ0n) is 15.8. The van der Waals surface area contributed by atoms with Crippen LogP contribution >= 0.6 is 32.9 Å². The van der Waals surface area contributed by atoms with E-state index in [9.17, 15) is 9.90 Å². The Balaban J connectivity index is 0.00000192. The predicted octanol–water partition coefficient (Wildman–Crippen LogP) is 3.60. The zero-order valence-corrected chi connectivity index (χ0v) is 19.1. The topological polar surface area (TPSA) is 65.6 Å². The number of nitrogens with one attached hydrogen (secondary N) is 1. The van der Waals surface area contributed by atoms with Crippen LogP contribution in [0, 0.1) is 17.8 Å². The Hall–Kier alpha value is -0.890. The fourth-order valence-corrected chi connectivity index (χ4v) is 6.74. The third-order valence-electron chi connectivity index (χ3n) is 7.04. The molecule has 0 spiro atoms. The number of nitrogens with zero attached hydrogens (tertiary/aromatic N) is 1. The van der Waals surface area contributed by atoms with Crippen LogP contribution < -0.4 is 0 Å². The van der Waals surface area contributed by atoms with Gasteiger partial charge >= 0.3 is 5.97 Å². The normalized spacial score (nSPS) is 34.7. The Kier molecular flexibility index (Phi) is 5.64. The molecule has 3 aliphatic rings. The molecule has 1 saturated heterocycles. The number of alkyl halides is 1. The van der Waals surface area contributed by atoms with Crippen LogP contribution in [0.5, 0.6) is 0 Å². The second-order valence-electron chi connectivity index (χ2n) is 8.25. The highest BCUT2D eigenvalue weighted by atomic mass is 79.9. The minimum absolute atomic E-state index is 0. The SMILES string of the molecule is Br.COC(=O)[C@H]1C(O)CC(Br)C2CN3CCc4c([nH]c5ccccc45)C3CC21. The molecule has 2 fully saturated rings. The van der Waals surface area contributed by atoms with E-state index in [0.29, 0.717) is 12.3 Å². The molecule has 1 aromatic carbocycles. The van der Waals surface area contributed by atoms with Gasteiger partial charge in [-0.3, -0.25) is 9.69 Å². The quantitative estimate of drug-likeness (QED) is 0.451. The van der Waals surface area contributed by atoms with E-state index in [1.807, 2.05) is 0 Å². The second kappa shape index (κ2) is 7.74. The molecule has 5 rings (SSSR count). The molecule has 0 amide bonds. The lowest BCUT2D eigenvalue weighted by Crippen LogP contribution is -2.56. The molecule has 5 unspecified atom stereocenters. The van der Waals surface area contributed by atoms with E-state index < -0.39 is 12.0 Å². The summed E-state index contributed by atoms with van der Waals surface area (Å²) in [6, 6.07) is 8.78. The molecular weight excluding hydrogens is 488 g/mol. The first-order chi connectivity index (χ1) is 13.1. The molecule has 1 aliphatic carbocycles. The van der Waals surface area contributed by atoms with Crippen molar-refractivity contribution in [2.24, 2.45) is 17.8 Å². The Morgan fingerprint density at radius 2 is 2.07 bits per heavy atom. The van der Waals surface area contributed by atoms with Crippen LogP contribution in [-0.2, 0) is 16.0 Å². The van der Waals surface area contributed by atoms with Gasteiger partial charge in [-0.15, -0.1) is 17.0 Å². The third kappa shape index (κ3) is 3.06. The molecule has 6 atom stereocenters. The van der Waals surface area contributed by atoms with Crippen LogP contribution in [0.2, 0.25) is 0 Å². The molecule has 152 valence electrons. The van der Waals surface area contributed by atoms with Gasteiger partial charge in [0.15, 0.2) is 0 Å². The lowest BCUT2D eigenvalue weighted by molar-refractivity contribution is -0.159. The van der Waals surface area contributed by atoms with E-state index in [1.165, 1.54) is 29.3 Å². The van der Waals surface area contributed by atoms with Crippen molar-refractivity contribution in [2.75, 3.05) is 20.2 Å². The first-order valence-electron chi connectivity index (χ1n) is 9.82. The van der Waals surface area contributed by atoms with Gasteiger partial charge in [0, 0.05) is 34.5 Å². The largest absolute Gasteiger partial charge is 0.469 e. The molecular formula is C21H26Br2N2O3. The average molecular weight is 514 g/mol. The molecule has 28 heavy (non-hydrogen) atoms. The Morgan fingerprint density at radius 1 is 1.29 bits per heavy atom. The number of halogens is 2. The number of ether oxygens (including phenoxy) is 1. The number of hydrogen-bond acceptors (Lipinski definition) is 4. The smallest absolute Gasteiger partial charge is 0.311 e. The highest BCUT2D eigenvalue weighted by Gasteiger charge is 2.52. The maximum atomic E-state index is 12.5. The first kappa shape index (κ1) is 20.4. The van der Waals surface area contributed by atoms with Gasteiger partial charge in [-0.1, -0.05) is 34.1 Å². The van der Waals surface area contributed by atoms with Crippen LogP contribution in [0.4, 0.5) is 0 Å². The summed E-state index contributed by atoms with van der Waals surface area (Å²) in [5.74, 6) is -0.201. The van der Waals surface area contributed by atoms with Crippen molar-refractivity contribution in [3.8, 4) is 0 Å². The number of para-hydroxylation sites is 1. The highest BCUT2D eigenvalue weighted by molar-refractivity contribution is 9.09.